The van der Waals surface area contributed by atoms with Gasteiger partial charge in [0.2, 0.25) is 5.79 Å². The number of unbranched alkanes of at least 4 members (excludes halogenated alkanes) is 2. The molecule has 7 rings (SSSR count). The molecular formula is C56H69FN2O9. The van der Waals surface area contributed by atoms with Crippen LogP contribution in [0, 0.1) is 37.4 Å². The Morgan fingerprint density at radius 1 is 0.897 bits per heavy atom. The molecule has 0 saturated heterocycles. The number of ether oxygens (including phenoxy) is 5. The molecule has 1 aliphatic heterocycles. The SMILES string of the molecule is C=CCOC12Oc3ccc(Oc4ccc(C)c(C)c4)cc3C3C(CCCCO)C(CCCCO)C=C(C(=NOC(C)(C)C)CC1N(Cc1ccc(F)cc1)C(=O)OCCOCc1ccccc1)C32. The second-order valence-electron chi connectivity index (χ2n) is 19.2. The van der Waals surface area contributed by atoms with Gasteiger partial charge in [0.15, 0.2) is 0 Å². The third-order valence-corrected chi connectivity index (χ3v) is 13.2. The fraction of sp³-hybridized carbons (Fsp3) is 0.464. The number of halogens is 1. The summed E-state index contributed by atoms with van der Waals surface area (Å²) in [4.78, 5) is 22.9. The predicted octanol–water partition coefficient (Wildman–Crippen LogP) is 11.5. The second-order valence-corrected chi connectivity index (χ2v) is 19.2. The lowest BCUT2D eigenvalue weighted by Crippen LogP contribution is -2.70. The van der Waals surface area contributed by atoms with Crippen LogP contribution in [0.3, 0.4) is 0 Å². The Morgan fingerprint density at radius 3 is 2.32 bits per heavy atom. The topological polar surface area (TPSA) is 129 Å². The van der Waals surface area contributed by atoms with E-state index in [1.807, 2.05) is 81.4 Å². The first-order valence-corrected chi connectivity index (χ1v) is 24.2. The van der Waals surface area contributed by atoms with Gasteiger partial charge >= 0.3 is 6.09 Å². The number of aliphatic hydroxyl groups is 2. The van der Waals surface area contributed by atoms with Crippen molar-refractivity contribution in [2.24, 2.45) is 22.9 Å². The summed E-state index contributed by atoms with van der Waals surface area (Å²) in [6, 6.07) is 26.9. The molecule has 0 spiro atoms. The summed E-state index contributed by atoms with van der Waals surface area (Å²) in [6.07, 6.45) is 7.96. The molecule has 0 bridgehead atoms. The summed E-state index contributed by atoms with van der Waals surface area (Å²) in [5, 5.41) is 25.0. The van der Waals surface area contributed by atoms with Crippen LogP contribution in [0.2, 0.25) is 0 Å². The first-order chi connectivity index (χ1) is 32.8. The molecule has 0 aromatic heterocycles. The third-order valence-electron chi connectivity index (χ3n) is 13.2. The van der Waals surface area contributed by atoms with Crippen LogP contribution in [-0.4, -0.2) is 77.4 Å². The summed E-state index contributed by atoms with van der Waals surface area (Å²) < 4.78 is 47.6. The molecule has 1 heterocycles. The molecule has 1 saturated carbocycles. The summed E-state index contributed by atoms with van der Waals surface area (Å²) in [7, 11) is 0. The molecule has 2 N–H and O–H groups in total. The van der Waals surface area contributed by atoms with Gasteiger partial charge in [0.1, 0.15) is 41.3 Å². The van der Waals surface area contributed by atoms with Crippen LogP contribution in [0.5, 0.6) is 17.2 Å². The van der Waals surface area contributed by atoms with E-state index in [0.717, 1.165) is 47.9 Å². The van der Waals surface area contributed by atoms with Crippen LogP contribution < -0.4 is 9.47 Å². The average Bonchev–Trinajstić information content (AvgIpc) is 3.32. The number of amides is 1. The van der Waals surface area contributed by atoms with E-state index in [1.54, 1.807) is 23.1 Å². The molecule has 12 heteroatoms. The van der Waals surface area contributed by atoms with E-state index < -0.39 is 35.3 Å². The predicted molar refractivity (Wildman–Crippen MR) is 261 cm³/mol. The van der Waals surface area contributed by atoms with Crippen molar-refractivity contribution in [3.63, 3.8) is 0 Å². The summed E-state index contributed by atoms with van der Waals surface area (Å²) in [5.74, 6) is -0.782. The summed E-state index contributed by atoms with van der Waals surface area (Å²) >= 11 is 0. The Balaban J connectivity index is 1.40. The number of nitrogens with zero attached hydrogens (tertiary/aromatic N) is 2. The van der Waals surface area contributed by atoms with Crippen LogP contribution in [0.25, 0.3) is 0 Å². The van der Waals surface area contributed by atoms with Crippen LogP contribution in [0.15, 0.2) is 120 Å². The maximum absolute atomic E-state index is 15.0. The molecule has 0 radical (unpaired) electrons. The van der Waals surface area contributed by atoms with Crippen molar-refractivity contribution in [1.29, 1.82) is 0 Å². The molecule has 1 fully saturated rings. The fourth-order valence-electron chi connectivity index (χ4n) is 9.94. The number of oxime groups is 1. The zero-order chi connectivity index (χ0) is 48.3. The number of carbonyl (C=O) groups excluding carboxylic acids is 1. The summed E-state index contributed by atoms with van der Waals surface area (Å²) in [6.45, 7) is 14.8. The zero-order valence-electron chi connectivity index (χ0n) is 40.3. The van der Waals surface area contributed by atoms with E-state index in [1.165, 1.54) is 17.7 Å². The van der Waals surface area contributed by atoms with Gasteiger partial charge in [-0.1, -0.05) is 78.7 Å². The lowest BCUT2D eigenvalue weighted by atomic mass is 9.55. The van der Waals surface area contributed by atoms with E-state index in [2.05, 4.69) is 32.6 Å². The fourth-order valence-corrected chi connectivity index (χ4v) is 9.94. The van der Waals surface area contributed by atoms with Crippen molar-refractivity contribution in [1.82, 2.24) is 4.90 Å². The average molecular weight is 933 g/mol. The molecule has 3 aliphatic rings. The molecule has 1 amide bonds. The van der Waals surface area contributed by atoms with Crippen LogP contribution in [-0.2, 0) is 32.2 Å². The van der Waals surface area contributed by atoms with Crippen LogP contribution in [0.1, 0.15) is 99.5 Å². The van der Waals surface area contributed by atoms with Crippen molar-refractivity contribution in [3.05, 3.63) is 149 Å². The van der Waals surface area contributed by atoms with E-state index >= 15 is 0 Å². The van der Waals surface area contributed by atoms with Crippen molar-refractivity contribution >= 4 is 11.8 Å². The monoisotopic (exact) mass is 932 g/mol. The van der Waals surface area contributed by atoms with Gasteiger partial charge in [-0.15, -0.1) is 6.58 Å². The van der Waals surface area contributed by atoms with Crippen molar-refractivity contribution in [2.75, 3.05) is 33.0 Å². The maximum Gasteiger partial charge on any atom is 0.410 e. The Hall–Kier alpha value is -5.53. The second kappa shape index (κ2) is 23.2. The molecule has 6 unspecified atom stereocenters. The Labute approximate surface area is 401 Å². The number of hydrogen-bond donors (Lipinski definition) is 2. The molecular weight excluding hydrogens is 864 g/mol. The minimum Gasteiger partial charge on any atom is -0.459 e. The quantitative estimate of drug-likeness (QED) is 0.0450. The minimum absolute atomic E-state index is 0.00279. The van der Waals surface area contributed by atoms with E-state index in [4.69, 9.17) is 33.7 Å². The molecule has 364 valence electrons. The Bertz CT molecular complexity index is 2360. The van der Waals surface area contributed by atoms with Gasteiger partial charge in [0.25, 0.3) is 0 Å². The van der Waals surface area contributed by atoms with Gasteiger partial charge in [-0.3, -0.25) is 4.90 Å². The molecule has 6 atom stereocenters. The third kappa shape index (κ3) is 12.2. The highest BCUT2D eigenvalue weighted by Crippen LogP contribution is 2.62. The highest BCUT2D eigenvalue weighted by molar-refractivity contribution is 6.03. The lowest BCUT2D eigenvalue weighted by molar-refractivity contribution is -0.256. The normalized spacial score (nSPS) is 22.3. The molecule has 68 heavy (non-hydrogen) atoms. The van der Waals surface area contributed by atoms with Gasteiger partial charge in [-0.25, -0.2) is 9.18 Å². The maximum atomic E-state index is 15.0. The van der Waals surface area contributed by atoms with Crippen molar-refractivity contribution in [2.45, 2.75) is 116 Å². The number of hydrogen-bond acceptors (Lipinski definition) is 10. The van der Waals surface area contributed by atoms with Crippen molar-refractivity contribution < 1.29 is 47.9 Å². The van der Waals surface area contributed by atoms with Gasteiger partial charge in [-0.05, 0) is 142 Å². The molecule has 4 aromatic rings. The number of rotatable bonds is 22. The van der Waals surface area contributed by atoms with E-state index in [9.17, 15) is 19.4 Å². The number of fused-ring (bicyclic) bond motifs is 2. The molecule has 2 aliphatic carbocycles. The molecule has 4 aromatic carbocycles. The smallest absolute Gasteiger partial charge is 0.410 e. The standard InChI is InChI=1S/C56H69FN2O9/c1-7-29-65-56-51(59(36-40-20-22-43(57)23-21-40)54(62)64-31-30-63-37-41-15-9-8-10-16-41)35-49(58-68-55(4,5)6)47-33-42(17-11-13-27-60)46(18-12-14-28-61)52(53(47)56)48-34-45(25-26-50(48)67-56)66-44-24-19-38(2)39(3)32-44/h7-10,15-16,19-26,32-34,42,46,51-53,60-61H,1,11-14,17-18,27-31,35-37H2,2-6H3. The first kappa shape index (κ1) is 50.3. The minimum atomic E-state index is -1.54. The highest BCUT2D eigenvalue weighted by Gasteiger charge is 2.65. The number of carbonyl (C=O) groups is 1. The summed E-state index contributed by atoms with van der Waals surface area (Å²) in [5.41, 5.74) is 5.79. The number of allylic oxidation sites excluding steroid dienone is 1. The van der Waals surface area contributed by atoms with E-state index in [-0.39, 0.29) is 63.8 Å². The van der Waals surface area contributed by atoms with Crippen LogP contribution >= 0.6 is 0 Å². The van der Waals surface area contributed by atoms with Gasteiger partial charge in [0, 0.05) is 37.7 Å². The number of benzene rings is 4. The van der Waals surface area contributed by atoms with Gasteiger partial charge in [0.05, 0.1) is 31.5 Å². The Morgan fingerprint density at radius 2 is 1.62 bits per heavy atom. The van der Waals surface area contributed by atoms with Crippen LogP contribution in [0.4, 0.5) is 9.18 Å². The molecule has 11 nitrogen and oxygen atoms in total. The van der Waals surface area contributed by atoms with Gasteiger partial charge < -0.3 is 38.7 Å². The van der Waals surface area contributed by atoms with Crippen molar-refractivity contribution in [3.8, 4) is 17.2 Å². The first-order valence-electron chi connectivity index (χ1n) is 24.2. The Kier molecular flexibility index (Phi) is 17.2. The number of aryl methyl sites for hydroxylation is 2. The zero-order valence-corrected chi connectivity index (χ0v) is 40.3. The lowest BCUT2D eigenvalue weighted by Gasteiger charge is -2.60. The van der Waals surface area contributed by atoms with E-state index in [0.29, 0.717) is 48.0 Å². The number of aliphatic hydroxyl groups excluding tert-OH is 2. The van der Waals surface area contributed by atoms with Gasteiger partial charge in [-0.2, -0.15) is 0 Å². The highest BCUT2D eigenvalue weighted by atomic mass is 19.1. The largest absolute Gasteiger partial charge is 0.459 e.